The van der Waals surface area contributed by atoms with E-state index >= 15 is 0 Å². The number of hydrogen-bond acceptors (Lipinski definition) is 2. The highest BCUT2D eigenvalue weighted by molar-refractivity contribution is 5.47. The van der Waals surface area contributed by atoms with Crippen molar-refractivity contribution in [1.29, 1.82) is 5.26 Å². The molecule has 2 nitrogen and oxygen atoms in total. The van der Waals surface area contributed by atoms with E-state index in [1.54, 1.807) is 0 Å². The molecule has 15 heavy (non-hydrogen) atoms. The van der Waals surface area contributed by atoms with E-state index in [1.165, 1.54) is 19.3 Å². The van der Waals surface area contributed by atoms with Gasteiger partial charge in [0.05, 0.1) is 11.6 Å². The Morgan fingerprint density at radius 3 is 2.60 bits per heavy atom. The van der Waals surface area contributed by atoms with Gasteiger partial charge in [0.2, 0.25) is 0 Å². The monoisotopic (exact) mass is 200 g/mol. The first kappa shape index (κ1) is 10.0. The minimum Gasteiger partial charge on any atom is -0.383 e. The molecule has 1 aromatic carbocycles. The quantitative estimate of drug-likeness (QED) is 0.810. The van der Waals surface area contributed by atoms with Gasteiger partial charge in [-0.15, -0.1) is 0 Å². The van der Waals surface area contributed by atoms with Crippen molar-refractivity contribution in [2.45, 2.75) is 32.2 Å². The fourth-order valence-corrected chi connectivity index (χ4v) is 1.84. The van der Waals surface area contributed by atoms with Crippen LogP contribution in [0.5, 0.6) is 0 Å². The smallest absolute Gasteiger partial charge is 0.0991 e. The van der Waals surface area contributed by atoms with Crippen molar-refractivity contribution < 1.29 is 0 Å². The molecule has 0 spiro atoms. The van der Waals surface area contributed by atoms with Crippen LogP contribution in [-0.4, -0.2) is 6.04 Å². The molecule has 0 aliphatic heterocycles. The Labute approximate surface area is 90.9 Å². The highest BCUT2D eigenvalue weighted by Gasteiger charge is 2.23. The Morgan fingerprint density at radius 2 is 2.07 bits per heavy atom. The third-order valence-electron chi connectivity index (χ3n) is 2.81. The number of nitrogens with zero attached hydrogens (tertiary/aromatic N) is 1. The zero-order chi connectivity index (χ0) is 10.7. The molecule has 0 aromatic heterocycles. The molecular weight excluding hydrogens is 184 g/mol. The van der Waals surface area contributed by atoms with Gasteiger partial charge in [-0.3, -0.25) is 0 Å². The molecule has 1 aliphatic carbocycles. The van der Waals surface area contributed by atoms with Crippen molar-refractivity contribution in [1.82, 2.24) is 0 Å². The SMILES string of the molecule is CC(CC1CC1)Nc1ccc(C#N)cc1. The van der Waals surface area contributed by atoms with Gasteiger partial charge in [0.1, 0.15) is 0 Å². The molecule has 0 radical (unpaired) electrons. The van der Waals surface area contributed by atoms with Crippen molar-refractivity contribution in [3.63, 3.8) is 0 Å². The van der Waals surface area contributed by atoms with Crippen LogP contribution in [0.3, 0.4) is 0 Å². The van der Waals surface area contributed by atoms with Crippen LogP contribution in [0, 0.1) is 17.2 Å². The molecule has 2 heteroatoms. The standard InChI is InChI=1S/C13H16N2/c1-10(8-11-2-3-11)15-13-6-4-12(9-14)5-7-13/h4-7,10-11,15H,2-3,8H2,1H3. The lowest BCUT2D eigenvalue weighted by Gasteiger charge is -2.14. The summed E-state index contributed by atoms with van der Waals surface area (Å²) in [5.41, 5.74) is 1.83. The first-order chi connectivity index (χ1) is 7.28. The minimum atomic E-state index is 0.533. The van der Waals surface area contributed by atoms with Crippen LogP contribution in [0.4, 0.5) is 5.69 Å². The molecule has 1 fully saturated rings. The lowest BCUT2D eigenvalue weighted by atomic mass is 10.1. The van der Waals surface area contributed by atoms with Gasteiger partial charge in [0.25, 0.3) is 0 Å². The predicted octanol–water partition coefficient (Wildman–Crippen LogP) is 3.16. The summed E-state index contributed by atoms with van der Waals surface area (Å²) in [5, 5.41) is 12.1. The summed E-state index contributed by atoms with van der Waals surface area (Å²) in [5.74, 6) is 0.950. The van der Waals surface area contributed by atoms with E-state index in [4.69, 9.17) is 5.26 Å². The highest BCUT2D eigenvalue weighted by Crippen LogP contribution is 2.34. The number of anilines is 1. The Kier molecular flexibility index (Phi) is 2.91. The number of hydrogen-bond donors (Lipinski definition) is 1. The van der Waals surface area contributed by atoms with Crippen molar-refractivity contribution >= 4 is 5.69 Å². The molecule has 78 valence electrons. The zero-order valence-corrected chi connectivity index (χ0v) is 9.03. The molecule has 1 atom stereocenters. The van der Waals surface area contributed by atoms with E-state index in [9.17, 15) is 0 Å². The predicted molar refractivity (Wildman–Crippen MR) is 61.6 cm³/mol. The van der Waals surface area contributed by atoms with E-state index in [0.717, 1.165) is 17.2 Å². The van der Waals surface area contributed by atoms with Crippen molar-refractivity contribution in [2.75, 3.05) is 5.32 Å². The van der Waals surface area contributed by atoms with Crippen LogP contribution < -0.4 is 5.32 Å². The van der Waals surface area contributed by atoms with Crippen molar-refractivity contribution in [2.24, 2.45) is 5.92 Å². The summed E-state index contributed by atoms with van der Waals surface area (Å²) in [6.45, 7) is 2.22. The van der Waals surface area contributed by atoms with Crippen LogP contribution in [0.1, 0.15) is 31.7 Å². The van der Waals surface area contributed by atoms with Crippen LogP contribution in [0.2, 0.25) is 0 Å². The summed E-state index contributed by atoms with van der Waals surface area (Å²) in [6, 6.07) is 10.3. The van der Waals surface area contributed by atoms with E-state index in [0.29, 0.717) is 6.04 Å². The molecule has 1 aliphatic rings. The summed E-state index contributed by atoms with van der Waals surface area (Å²) < 4.78 is 0. The topological polar surface area (TPSA) is 35.8 Å². The first-order valence-corrected chi connectivity index (χ1v) is 5.54. The molecule has 2 rings (SSSR count). The Balaban J connectivity index is 1.89. The molecule has 0 amide bonds. The van der Waals surface area contributed by atoms with Crippen LogP contribution in [0.15, 0.2) is 24.3 Å². The maximum absolute atomic E-state index is 8.67. The largest absolute Gasteiger partial charge is 0.383 e. The second kappa shape index (κ2) is 4.35. The zero-order valence-electron chi connectivity index (χ0n) is 9.03. The number of nitrogens with one attached hydrogen (secondary N) is 1. The molecule has 0 heterocycles. The lowest BCUT2D eigenvalue weighted by Crippen LogP contribution is -2.15. The second-order valence-corrected chi connectivity index (χ2v) is 4.41. The van der Waals surface area contributed by atoms with Gasteiger partial charge in [0.15, 0.2) is 0 Å². The number of rotatable bonds is 4. The maximum atomic E-state index is 8.67. The first-order valence-electron chi connectivity index (χ1n) is 5.54. The molecule has 1 unspecified atom stereocenters. The van der Waals surface area contributed by atoms with Crippen molar-refractivity contribution in [3.8, 4) is 6.07 Å². The van der Waals surface area contributed by atoms with Crippen LogP contribution in [-0.2, 0) is 0 Å². The fraction of sp³-hybridized carbons (Fsp3) is 0.462. The normalized spacial score (nSPS) is 16.8. The molecule has 1 saturated carbocycles. The average molecular weight is 200 g/mol. The number of benzene rings is 1. The highest BCUT2D eigenvalue weighted by atomic mass is 14.9. The number of nitriles is 1. The van der Waals surface area contributed by atoms with Gasteiger partial charge in [0, 0.05) is 11.7 Å². The maximum Gasteiger partial charge on any atom is 0.0991 e. The molecule has 1 N–H and O–H groups in total. The van der Waals surface area contributed by atoms with Gasteiger partial charge in [-0.1, -0.05) is 12.8 Å². The average Bonchev–Trinajstić information content (AvgIpc) is 3.03. The molecule has 0 bridgehead atoms. The van der Waals surface area contributed by atoms with Crippen LogP contribution >= 0.6 is 0 Å². The minimum absolute atomic E-state index is 0.533. The summed E-state index contributed by atoms with van der Waals surface area (Å²) in [4.78, 5) is 0. The summed E-state index contributed by atoms with van der Waals surface area (Å²) >= 11 is 0. The van der Waals surface area contributed by atoms with Crippen LogP contribution in [0.25, 0.3) is 0 Å². The fourth-order valence-electron chi connectivity index (χ4n) is 1.84. The van der Waals surface area contributed by atoms with Gasteiger partial charge >= 0.3 is 0 Å². The Bertz CT molecular complexity index is 357. The molecule has 1 aromatic rings. The molecule has 0 saturated heterocycles. The van der Waals surface area contributed by atoms with E-state index in [1.807, 2.05) is 24.3 Å². The summed E-state index contributed by atoms with van der Waals surface area (Å²) in [6.07, 6.45) is 4.07. The summed E-state index contributed by atoms with van der Waals surface area (Å²) in [7, 11) is 0. The van der Waals surface area contributed by atoms with E-state index in [2.05, 4.69) is 18.3 Å². The van der Waals surface area contributed by atoms with Gasteiger partial charge in [-0.05, 0) is 43.5 Å². The van der Waals surface area contributed by atoms with Gasteiger partial charge in [-0.25, -0.2) is 0 Å². The Morgan fingerprint density at radius 1 is 1.40 bits per heavy atom. The van der Waals surface area contributed by atoms with E-state index < -0.39 is 0 Å². The lowest BCUT2D eigenvalue weighted by molar-refractivity contribution is 0.642. The second-order valence-electron chi connectivity index (χ2n) is 4.41. The molecular formula is C13H16N2. The third-order valence-corrected chi connectivity index (χ3v) is 2.81. The van der Waals surface area contributed by atoms with Crippen molar-refractivity contribution in [3.05, 3.63) is 29.8 Å². The van der Waals surface area contributed by atoms with E-state index in [-0.39, 0.29) is 0 Å². The third kappa shape index (κ3) is 2.99. The Hall–Kier alpha value is -1.49. The van der Waals surface area contributed by atoms with Gasteiger partial charge in [-0.2, -0.15) is 5.26 Å². The van der Waals surface area contributed by atoms with Gasteiger partial charge < -0.3 is 5.32 Å².